The molecule has 0 unspecified atom stereocenters. The van der Waals surface area contributed by atoms with Gasteiger partial charge in [0.05, 0.1) is 12.2 Å². The average molecular weight is 216 g/mol. The van der Waals surface area contributed by atoms with Gasteiger partial charge in [0.15, 0.2) is 0 Å². The highest BCUT2D eigenvalue weighted by atomic mass is 15.2. The number of H-pyrrole nitrogens is 1. The molecule has 0 aliphatic rings. The van der Waals surface area contributed by atoms with Crippen molar-refractivity contribution in [2.24, 2.45) is 0 Å². The van der Waals surface area contributed by atoms with Crippen molar-refractivity contribution in [3.8, 4) is 0 Å². The molecule has 2 rings (SSSR count). The molecule has 2 aromatic rings. The molecule has 0 atom stereocenters. The zero-order valence-corrected chi connectivity index (χ0v) is 9.57. The van der Waals surface area contributed by atoms with Crippen LogP contribution in [0.3, 0.4) is 0 Å². The van der Waals surface area contributed by atoms with Crippen molar-refractivity contribution in [1.29, 1.82) is 0 Å². The summed E-state index contributed by atoms with van der Waals surface area (Å²) in [6, 6.07) is 10.3. The highest BCUT2D eigenvalue weighted by molar-refractivity contribution is 5.47. The van der Waals surface area contributed by atoms with Gasteiger partial charge >= 0.3 is 0 Å². The van der Waals surface area contributed by atoms with Gasteiger partial charge in [0, 0.05) is 18.8 Å². The van der Waals surface area contributed by atoms with E-state index in [9.17, 15) is 0 Å². The Morgan fingerprint density at radius 3 is 2.56 bits per heavy atom. The summed E-state index contributed by atoms with van der Waals surface area (Å²) in [5, 5.41) is 6.80. The van der Waals surface area contributed by atoms with Crippen LogP contribution in [0.25, 0.3) is 0 Å². The molecular weight excluding hydrogens is 200 g/mol. The molecule has 1 aromatic heterocycles. The van der Waals surface area contributed by atoms with Gasteiger partial charge in [0.2, 0.25) is 0 Å². The first-order valence-electron chi connectivity index (χ1n) is 5.23. The molecule has 3 N–H and O–H groups in total. The first-order chi connectivity index (χ1) is 7.65. The van der Waals surface area contributed by atoms with Gasteiger partial charge in [-0.05, 0) is 19.1 Å². The second-order valence-corrected chi connectivity index (χ2v) is 4.01. The molecule has 16 heavy (non-hydrogen) atoms. The maximum atomic E-state index is 5.55. The maximum Gasteiger partial charge on any atom is 0.145 e. The minimum absolute atomic E-state index is 0.535. The smallest absolute Gasteiger partial charge is 0.145 e. The number of hydrogen-bond donors (Lipinski definition) is 2. The van der Waals surface area contributed by atoms with Crippen molar-refractivity contribution in [1.82, 2.24) is 10.2 Å². The molecule has 1 aromatic carbocycles. The van der Waals surface area contributed by atoms with E-state index >= 15 is 0 Å². The number of anilines is 2. The minimum atomic E-state index is 0.535. The Morgan fingerprint density at radius 1 is 1.31 bits per heavy atom. The molecule has 0 aliphatic heterocycles. The van der Waals surface area contributed by atoms with Crippen molar-refractivity contribution in [2.75, 3.05) is 17.7 Å². The summed E-state index contributed by atoms with van der Waals surface area (Å²) in [6.45, 7) is 2.85. The van der Waals surface area contributed by atoms with E-state index in [2.05, 4.69) is 46.3 Å². The lowest BCUT2D eigenvalue weighted by Gasteiger charge is -2.18. The number of nitrogens with zero attached hydrogens (tertiary/aromatic N) is 2. The van der Waals surface area contributed by atoms with Gasteiger partial charge in [0.25, 0.3) is 0 Å². The number of aromatic nitrogens is 2. The lowest BCUT2D eigenvalue weighted by Crippen LogP contribution is -2.16. The SMILES string of the molecule is Cc1ccc(N(C)Cc2cc(N)n[nH]2)cc1. The van der Waals surface area contributed by atoms with E-state index in [1.165, 1.54) is 11.3 Å². The number of rotatable bonds is 3. The van der Waals surface area contributed by atoms with Gasteiger partial charge in [-0.3, -0.25) is 5.10 Å². The van der Waals surface area contributed by atoms with Crippen LogP contribution in [0.4, 0.5) is 11.5 Å². The monoisotopic (exact) mass is 216 g/mol. The van der Waals surface area contributed by atoms with Gasteiger partial charge in [-0.2, -0.15) is 5.10 Å². The van der Waals surface area contributed by atoms with Gasteiger partial charge in [-0.1, -0.05) is 17.7 Å². The summed E-state index contributed by atoms with van der Waals surface area (Å²) in [6.07, 6.45) is 0. The van der Waals surface area contributed by atoms with Crippen molar-refractivity contribution in [3.63, 3.8) is 0 Å². The zero-order valence-electron chi connectivity index (χ0n) is 9.57. The topological polar surface area (TPSA) is 57.9 Å². The molecule has 4 heteroatoms. The molecule has 0 saturated carbocycles. The number of hydrogen-bond acceptors (Lipinski definition) is 3. The van der Waals surface area contributed by atoms with E-state index in [0.717, 1.165) is 12.2 Å². The van der Waals surface area contributed by atoms with Crippen molar-refractivity contribution < 1.29 is 0 Å². The summed E-state index contributed by atoms with van der Waals surface area (Å²) in [5.74, 6) is 0.535. The third-order valence-electron chi connectivity index (χ3n) is 2.53. The largest absolute Gasteiger partial charge is 0.382 e. The Kier molecular flexibility index (Phi) is 2.81. The second-order valence-electron chi connectivity index (χ2n) is 4.01. The fourth-order valence-corrected chi connectivity index (χ4v) is 1.61. The van der Waals surface area contributed by atoms with Crippen LogP contribution in [0.5, 0.6) is 0 Å². The van der Waals surface area contributed by atoms with E-state index < -0.39 is 0 Å². The fraction of sp³-hybridized carbons (Fsp3) is 0.250. The van der Waals surface area contributed by atoms with Crippen LogP contribution in [0.15, 0.2) is 30.3 Å². The van der Waals surface area contributed by atoms with Crippen LogP contribution in [0.1, 0.15) is 11.3 Å². The standard InChI is InChI=1S/C12H16N4/c1-9-3-5-11(6-4-9)16(2)8-10-7-12(13)15-14-10/h3-7H,8H2,1-2H3,(H3,13,14,15). The molecule has 1 heterocycles. The van der Waals surface area contributed by atoms with Crippen LogP contribution in [-0.2, 0) is 6.54 Å². The molecule has 0 radical (unpaired) electrons. The lowest BCUT2D eigenvalue weighted by atomic mass is 10.2. The number of aryl methyl sites for hydroxylation is 1. The van der Waals surface area contributed by atoms with Crippen LogP contribution in [-0.4, -0.2) is 17.2 Å². The van der Waals surface area contributed by atoms with E-state index in [-0.39, 0.29) is 0 Å². The van der Waals surface area contributed by atoms with Gasteiger partial charge in [-0.15, -0.1) is 0 Å². The van der Waals surface area contributed by atoms with E-state index in [0.29, 0.717) is 5.82 Å². The number of nitrogens with one attached hydrogen (secondary N) is 1. The molecule has 4 nitrogen and oxygen atoms in total. The van der Waals surface area contributed by atoms with E-state index in [1.54, 1.807) is 0 Å². The molecular formula is C12H16N4. The van der Waals surface area contributed by atoms with Crippen LogP contribution in [0, 0.1) is 6.92 Å². The molecule has 0 fully saturated rings. The first kappa shape index (κ1) is 10.5. The molecule has 84 valence electrons. The van der Waals surface area contributed by atoms with Crippen molar-refractivity contribution in [3.05, 3.63) is 41.6 Å². The highest BCUT2D eigenvalue weighted by Gasteiger charge is 2.03. The fourth-order valence-electron chi connectivity index (χ4n) is 1.61. The Balaban J connectivity index is 2.08. The predicted molar refractivity (Wildman–Crippen MR) is 66.3 cm³/mol. The number of nitrogen functional groups attached to an aromatic ring is 1. The van der Waals surface area contributed by atoms with E-state index in [1.807, 2.05) is 13.1 Å². The average Bonchev–Trinajstić information content (AvgIpc) is 2.65. The number of nitrogens with two attached hydrogens (primary N) is 1. The third kappa shape index (κ3) is 2.34. The zero-order chi connectivity index (χ0) is 11.5. The lowest BCUT2D eigenvalue weighted by molar-refractivity contribution is 0.870. The Bertz CT molecular complexity index is 458. The number of aromatic amines is 1. The quantitative estimate of drug-likeness (QED) is 0.824. The number of benzene rings is 1. The van der Waals surface area contributed by atoms with Crippen molar-refractivity contribution >= 4 is 11.5 Å². The summed E-state index contributed by atoms with van der Waals surface area (Å²) in [5.41, 5.74) is 9.01. The van der Waals surface area contributed by atoms with Gasteiger partial charge in [-0.25, -0.2) is 0 Å². The second kappa shape index (κ2) is 4.26. The normalized spacial score (nSPS) is 10.4. The van der Waals surface area contributed by atoms with Gasteiger partial charge in [0.1, 0.15) is 5.82 Å². The Labute approximate surface area is 95.1 Å². The third-order valence-corrected chi connectivity index (χ3v) is 2.53. The molecule has 0 saturated heterocycles. The maximum absolute atomic E-state index is 5.55. The Morgan fingerprint density at radius 2 is 2.00 bits per heavy atom. The summed E-state index contributed by atoms with van der Waals surface area (Å²) < 4.78 is 0. The van der Waals surface area contributed by atoms with Crippen molar-refractivity contribution in [2.45, 2.75) is 13.5 Å². The minimum Gasteiger partial charge on any atom is -0.382 e. The van der Waals surface area contributed by atoms with E-state index in [4.69, 9.17) is 5.73 Å². The predicted octanol–water partition coefficient (Wildman–Crippen LogP) is 1.94. The van der Waals surface area contributed by atoms with Crippen LogP contribution < -0.4 is 10.6 Å². The summed E-state index contributed by atoms with van der Waals surface area (Å²) >= 11 is 0. The van der Waals surface area contributed by atoms with Crippen LogP contribution >= 0.6 is 0 Å². The highest BCUT2D eigenvalue weighted by Crippen LogP contribution is 2.15. The van der Waals surface area contributed by atoms with Crippen LogP contribution in [0.2, 0.25) is 0 Å². The molecule has 0 bridgehead atoms. The molecule has 0 amide bonds. The molecule has 0 aliphatic carbocycles. The first-order valence-corrected chi connectivity index (χ1v) is 5.23. The summed E-state index contributed by atoms with van der Waals surface area (Å²) in [7, 11) is 2.04. The Hall–Kier alpha value is -1.97. The van der Waals surface area contributed by atoms with Gasteiger partial charge < -0.3 is 10.6 Å². The summed E-state index contributed by atoms with van der Waals surface area (Å²) in [4.78, 5) is 2.15. The molecule has 0 spiro atoms.